The molecule has 8 N–H and O–H groups in total. The Morgan fingerprint density at radius 2 is 1.26 bits per heavy atom. The van der Waals surface area contributed by atoms with Crippen LogP contribution in [0.3, 0.4) is 0 Å². The minimum absolute atomic E-state index is 0.00232. The molecule has 2 heterocycles. The van der Waals surface area contributed by atoms with Gasteiger partial charge in [0.05, 0.1) is 6.61 Å². The lowest BCUT2D eigenvalue weighted by Gasteiger charge is -2.36. The summed E-state index contributed by atoms with van der Waals surface area (Å²) in [5, 5.41) is 83.6. The highest BCUT2D eigenvalue weighted by atomic mass is 16.7. The third-order valence-electron chi connectivity index (χ3n) is 8.98. The summed E-state index contributed by atoms with van der Waals surface area (Å²) < 4.78 is 17.7. The summed E-state index contributed by atoms with van der Waals surface area (Å²) in [7, 11) is 0. The Bertz CT molecular complexity index is 1780. The zero-order valence-electron chi connectivity index (χ0n) is 24.0. The summed E-state index contributed by atoms with van der Waals surface area (Å²) >= 11 is 0. The van der Waals surface area contributed by atoms with Crippen LogP contribution in [0.2, 0.25) is 0 Å². The standard InChI is InChI=1S/C34H30O12/c35-17-5-1-14(2-6-17)24-25(16-9-19(37)11-20(38)10-16)27-23(45-34-31(42)30(41)22(40)13-44-34)12-21(39)26-28(27)29(24)32(46-33(26)43)15-3-7-18(36)8-4-15/h1-12,22,24-25,29-32,34-42H,13H2/t22-,24-,25-,29-,30-,31-,32+,34-/m1/s1. The van der Waals surface area contributed by atoms with Crippen molar-refractivity contribution in [1.29, 1.82) is 0 Å². The Morgan fingerprint density at radius 3 is 1.89 bits per heavy atom. The van der Waals surface area contributed by atoms with E-state index in [1.807, 2.05) is 0 Å². The number of hydrogen-bond donors (Lipinski definition) is 8. The van der Waals surface area contributed by atoms with E-state index in [0.717, 1.165) is 6.07 Å². The lowest BCUT2D eigenvalue weighted by Crippen LogP contribution is -2.54. The summed E-state index contributed by atoms with van der Waals surface area (Å²) in [6.45, 7) is -0.354. The first-order chi connectivity index (χ1) is 22.0. The Labute approximate surface area is 261 Å². The highest BCUT2D eigenvalue weighted by molar-refractivity contribution is 5.97. The first-order valence-electron chi connectivity index (χ1n) is 14.6. The predicted molar refractivity (Wildman–Crippen MR) is 158 cm³/mol. The molecule has 0 radical (unpaired) electrons. The fourth-order valence-electron chi connectivity index (χ4n) is 7.03. The number of esters is 1. The number of phenols is 5. The van der Waals surface area contributed by atoms with Crippen molar-refractivity contribution in [3.8, 4) is 34.5 Å². The van der Waals surface area contributed by atoms with Gasteiger partial charge in [0.1, 0.15) is 64.5 Å². The van der Waals surface area contributed by atoms with Crippen LogP contribution in [0.15, 0.2) is 72.8 Å². The van der Waals surface area contributed by atoms with E-state index in [4.69, 9.17) is 14.2 Å². The van der Waals surface area contributed by atoms with Crippen LogP contribution in [-0.4, -0.2) is 78.0 Å². The zero-order chi connectivity index (χ0) is 32.4. The molecule has 0 bridgehead atoms. The van der Waals surface area contributed by atoms with Crippen molar-refractivity contribution < 1.29 is 59.9 Å². The van der Waals surface area contributed by atoms with Gasteiger partial charge in [-0.2, -0.15) is 0 Å². The Balaban J connectivity index is 1.51. The van der Waals surface area contributed by atoms with Crippen LogP contribution in [0.5, 0.6) is 34.5 Å². The topological polar surface area (TPSA) is 207 Å². The maximum atomic E-state index is 13.6. The number of carbonyl (C=O) groups excluding carboxylic acids is 1. The van der Waals surface area contributed by atoms with Crippen molar-refractivity contribution in [2.24, 2.45) is 0 Å². The molecular weight excluding hydrogens is 600 g/mol. The molecule has 238 valence electrons. The number of aromatic hydroxyl groups is 5. The highest BCUT2D eigenvalue weighted by Crippen LogP contribution is 2.65. The number of rotatable bonds is 5. The number of benzene rings is 4. The second-order valence-corrected chi connectivity index (χ2v) is 11.8. The molecule has 7 rings (SSSR count). The molecule has 1 aliphatic carbocycles. The van der Waals surface area contributed by atoms with Crippen molar-refractivity contribution >= 4 is 5.97 Å². The van der Waals surface area contributed by atoms with E-state index in [2.05, 4.69) is 0 Å². The minimum Gasteiger partial charge on any atom is -0.508 e. The molecule has 4 aromatic rings. The number of ether oxygens (including phenoxy) is 3. The van der Waals surface area contributed by atoms with Gasteiger partial charge in [-0.15, -0.1) is 0 Å². The van der Waals surface area contributed by atoms with Gasteiger partial charge >= 0.3 is 5.97 Å². The normalized spacial score (nSPS) is 28.4. The van der Waals surface area contributed by atoms with Crippen LogP contribution in [0, 0.1) is 0 Å². The molecule has 1 fully saturated rings. The molecule has 46 heavy (non-hydrogen) atoms. The highest BCUT2D eigenvalue weighted by Gasteiger charge is 2.55. The summed E-state index contributed by atoms with van der Waals surface area (Å²) in [5.74, 6) is -4.01. The molecule has 0 saturated carbocycles. The van der Waals surface area contributed by atoms with Crippen LogP contribution < -0.4 is 4.74 Å². The number of aliphatic hydroxyl groups excluding tert-OH is 3. The zero-order valence-corrected chi connectivity index (χ0v) is 24.0. The largest absolute Gasteiger partial charge is 0.508 e. The number of aliphatic hydroxyl groups is 3. The van der Waals surface area contributed by atoms with E-state index in [9.17, 15) is 45.6 Å². The first-order valence-corrected chi connectivity index (χ1v) is 14.6. The molecule has 0 amide bonds. The van der Waals surface area contributed by atoms with Gasteiger partial charge < -0.3 is 55.1 Å². The Hall–Kier alpha value is -5.01. The average Bonchev–Trinajstić information content (AvgIpc) is 3.37. The van der Waals surface area contributed by atoms with E-state index >= 15 is 0 Å². The third kappa shape index (κ3) is 4.83. The van der Waals surface area contributed by atoms with Crippen molar-refractivity contribution in [1.82, 2.24) is 0 Å². The quantitative estimate of drug-likeness (QED) is 0.150. The van der Waals surface area contributed by atoms with Crippen LogP contribution in [0.25, 0.3) is 0 Å². The van der Waals surface area contributed by atoms with Gasteiger partial charge in [-0.3, -0.25) is 0 Å². The maximum absolute atomic E-state index is 13.6. The lowest BCUT2D eigenvalue weighted by atomic mass is 9.74. The SMILES string of the molecule is O=C1O[C@@H](c2ccc(O)cc2)[C@H]2c3c1c(O)cc(O[C@H]1OC[C@@H](O)[C@@H](O)[C@H]1O)c3[C@H](c1cc(O)cc(O)c1)[C@H]2c1ccc(O)cc1. The number of hydrogen-bond acceptors (Lipinski definition) is 12. The van der Waals surface area contributed by atoms with Gasteiger partial charge in [0, 0.05) is 35.4 Å². The molecular formula is C34H30O12. The molecule has 0 aromatic heterocycles. The number of phenolic OH excluding ortho intramolecular Hbond substituents is 5. The van der Waals surface area contributed by atoms with Crippen molar-refractivity contribution in [2.45, 2.75) is 48.5 Å². The molecule has 3 aliphatic rings. The average molecular weight is 631 g/mol. The van der Waals surface area contributed by atoms with Crippen LogP contribution in [-0.2, 0) is 9.47 Å². The Kier molecular flexibility index (Phi) is 7.17. The molecule has 0 unspecified atom stereocenters. The summed E-state index contributed by atoms with van der Waals surface area (Å²) in [4.78, 5) is 13.6. The smallest absolute Gasteiger partial charge is 0.342 e. The lowest BCUT2D eigenvalue weighted by molar-refractivity contribution is -0.242. The molecule has 12 nitrogen and oxygen atoms in total. The molecule has 2 aliphatic heterocycles. The second-order valence-electron chi connectivity index (χ2n) is 11.8. The molecule has 8 atom stereocenters. The van der Waals surface area contributed by atoms with Gasteiger partial charge in [-0.25, -0.2) is 4.79 Å². The van der Waals surface area contributed by atoms with Crippen molar-refractivity contribution in [3.05, 3.63) is 106 Å². The number of cyclic esters (lactones) is 1. The fourth-order valence-corrected chi connectivity index (χ4v) is 7.03. The number of carbonyl (C=O) groups is 1. The van der Waals surface area contributed by atoms with Crippen molar-refractivity contribution in [3.63, 3.8) is 0 Å². The molecule has 1 saturated heterocycles. The third-order valence-corrected chi connectivity index (χ3v) is 8.98. The van der Waals surface area contributed by atoms with E-state index < -0.39 is 60.2 Å². The maximum Gasteiger partial charge on any atom is 0.342 e. The van der Waals surface area contributed by atoms with Crippen LogP contribution in [0.1, 0.15) is 62.0 Å². The second kappa shape index (κ2) is 11.1. The van der Waals surface area contributed by atoms with E-state index in [-0.39, 0.29) is 40.9 Å². The molecule has 0 spiro atoms. The first kappa shape index (κ1) is 29.7. The predicted octanol–water partition coefficient (Wildman–Crippen LogP) is 2.96. The van der Waals surface area contributed by atoms with Crippen LogP contribution >= 0.6 is 0 Å². The molecule has 12 heteroatoms. The van der Waals surface area contributed by atoms with E-state index in [0.29, 0.717) is 27.8 Å². The van der Waals surface area contributed by atoms with E-state index in [1.165, 1.54) is 42.5 Å². The van der Waals surface area contributed by atoms with Gasteiger partial charge in [-0.1, -0.05) is 24.3 Å². The van der Waals surface area contributed by atoms with Crippen molar-refractivity contribution in [2.75, 3.05) is 6.61 Å². The van der Waals surface area contributed by atoms with Gasteiger partial charge in [0.2, 0.25) is 6.29 Å². The van der Waals surface area contributed by atoms with Gasteiger partial charge in [-0.05, 0) is 58.7 Å². The summed E-state index contributed by atoms with van der Waals surface area (Å²) in [6, 6.07) is 17.7. The molecule has 4 aromatic carbocycles. The summed E-state index contributed by atoms with van der Waals surface area (Å²) in [5.41, 5.74) is 2.18. The van der Waals surface area contributed by atoms with Crippen LogP contribution in [0.4, 0.5) is 0 Å². The fraction of sp³-hybridized carbons (Fsp3) is 0.265. The summed E-state index contributed by atoms with van der Waals surface area (Å²) in [6.07, 6.45) is -7.09. The van der Waals surface area contributed by atoms with E-state index in [1.54, 1.807) is 24.3 Å². The van der Waals surface area contributed by atoms with Gasteiger partial charge in [0.25, 0.3) is 0 Å². The minimum atomic E-state index is -1.68. The Morgan fingerprint density at radius 1 is 0.652 bits per heavy atom. The monoisotopic (exact) mass is 630 g/mol. The van der Waals surface area contributed by atoms with Gasteiger partial charge in [0.15, 0.2) is 0 Å².